The van der Waals surface area contributed by atoms with E-state index in [-0.39, 0.29) is 11.9 Å². The molecule has 1 amide bonds. The van der Waals surface area contributed by atoms with Crippen molar-refractivity contribution in [3.8, 4) is 5.75 Å². The Morgan fingerprint density at radius 2 is 2.05 bits per heavy atom. The molecule has 4 heteroatoms. The zero-order chi connectivity index (χ0) is 15.7. The van der Waals surface area contributed by atoms with Crippen molar-refractivity contribution in [3.63, 3.8) is 0 Å². The second-order valence-corrected chi connectivity index (χ2v) is 5.10. The molecule has 0 aliphatic rings. The van der Waals surface area contributed by atoms with Crippen molar-refractivity contribution >= 4 is 5.91 Å². The van der Waals surface area contributed by atoms with E-state index in [1.165, 1.54) is 5.56 Å². The molecule has 0 radical (unpaired) electrons. The molecule has 1 atom stereocenters. The third-order valence-electron chi connectivity index (χ3n) is 3.77. The molecule has 0 aliphatic carbocycles. The molecule has 21 heavy (non-hydrogen) atoms. The number of benzene rings is 1. The Bertz CT molecular complexity index is 435. The summed E-state index contributed by atoms with van der Waals surface area (Å²) in [5, 5.41) is 2.84. The third kappa shape index (κ3) is 5.38. The first-order valence-corrected chi connectivity index (χ1v) is 7.77. The van der Waals surface area contributed by atoms with Crippen molar-refractivity contribution in [1.82, 2.24) is 10.2 Å². The Morgan fingerprint density at radius 3 is 2.67 bits per heavy atom. The van der Waals surface area contributed by atoms with Gasteiger partial charge in [0.25, 0.3) is 0 Å². The molecule has 118 valence electrons. The number of carbonyl (C=O) groups excluding carboxylic acids is 1. The monoisotopic (exact) mass is 292 g/mol. The first-order chi connectivity index (χ1) is 10.1. The van der Waals surface area contributed by atoms with Crippen LogP contribution in [-0.4, -0.2) is 37.6 Å². The molecular formula is C17H28N2O2. The minimum Gasteiger partial charge on any atom is -0.496 e. The third-order valence-corrected chi connectivity index (χ3v) is 3.77. The number of nitrogens with one attached hydrogen (secondary N) is 1. The van der Waals surface area contributed by atoms with Crippen LogP contribution in [0.25, 0.3) is 0 Å². The minimum atomic E-state index is 0.137. The molecule has 0 fully saturated rings. The largest absolute Gasteiger partial charge is 0.496 e. The van der Waals surface area contributed by atoms with E-state index in [1.807, 2.05) is 25.1 Å². The van der Waals surface area contributed by atoms with Crippen LogP contribution in [0.1, 0.15) is 45.2 Å². The highest BCUT2D eigenvalue weighted by atomic mass is 16.5. The Kier molecular flexibility index (Phi) is 7.83. The van der Waals surface area contributed by atoms with Crippen LogP contribution in [-0.2, 0) is 4.79 Å². The minimum absolute atomic E-state index is 0.137. The normalized spacial score (nSPS) is 12.2. The number of nitrogens with zero attached hydrogens (tertiary/aromatic N) is 1. The number of hydrogen-bond acceptors (Lipinski definition) is 3. The van der Waals surface area contributed by atoms with Gasteiger partial charge in [-0.05, 0) is 39.4 Å². The van der Waals surface area contributed by atoms with Crippen LogP contribution >= 0.6 is 0 Å². The van der Waals surface area contributed by atoms with Crippen molar-refractivity contribution in [2.45, 2.75) is 39.7 Å². The van der Waals surface area contributed by atoms with E-state index >= 15 is 0 Å². The molecule has 0 spiro atoms. The summed E-state index contributed by atoms with van der Waals surface area (Å²) in [6, 6.07) is 8.40. The second-order valence-electron chi connectivity index (χ2n) is 5.10. The SMILES string of the molecule is CCNC(=O)CCCN(CC)[C@@H](C)c1ccccc1OC. The fourth-order valence-corrected chi connectivity index (χ4v) is 2.56. The highest BCUT2D eigenvalue weighted by Crippen LogP contribution is 2.28. The van der Waals surface area contributed by atoms with Gasteiger partial charge in [-0.3, -0.25) is 9.69 Å². The van der Waals surface area contributed by atoms with E-state index < -0.39 is 0 Å². The van der Waals surface area contributed by atoms with E-state index in [9.17, 15) is 4.79 Å². The van der Waals surface area contributed by atoms with Gasteiger partial charge < -0.3 is 10.1 Å². The van der Waals surface area contributed by atoms with Gasteiger partial charge in [-0.1, -0.05) is 25.1 Å². The Balaban J connectivity index is 2.60. The smallest absolute Gasteiger partial charge is 0.220 e. The lowest BCUT2D eigenvalue weighted by Gasteiger charge is -2.29. The number of ether oxygens (including phenoxy) is 1. The van der Waals surface area contributed by atoms with Crippen LogP contribution in [0.4, 0.5) is 0 Å². The van der Waals surface area contributed by atoms with E-state index in [2.05, 4.69) is 30.1 Å². The Hall–Kier alpha value is -1.55. The summed E-state index contributed by atoms with van der Waals surface area (Å²) in [7, 11) is 1.71. The number of para-hydroxylation sites is 1. The summed E-state index contributed by atoms with van der Waals surface area (Å²) in [6.07, 6.45) is 1.46. The van der Waals surface area contributed by atoms with Crippen molar-refractivity contribution in [1.29, 1.82) is 0 Å². The predicted molar refractivity (Wildman–Crippen MR) is 86.6 cm³/mol. The lowest BCUT2D eigenvalue weighted by molar-refractivity contribution is -0.121. The summed E-state index contributed by atoms with van der Waals surface area (Å²) in [4.78, 5) is 13.9. The Labute approximate surface area is 128 Å². The van der Waals surface area contributed by atoms with Gasteiger partial charge in [0, 0.05) is 24.6 Å². The molecule has 1 rings (SSSR count). The number of carbonyl (C=O) groups is 1. The summed E-state index contributed by atoms with van der Waals surface area (Å²) >= 11 is 0. The maximum atomic E-state index is 11.5. The maximum Gasteiger partial charge on any atom is 0.220 e. The number of methoxy groups -OCH3 is 1. The molecule has 0 heterocycles. The maximum absolute atomic E-state index is 11.5. The first-order valence-electron chi connectivity index (χ1n) is 7.77. The fraction of sp³-hybridized carbons (Fsp3) is 0.588. The predicted octanol–water partition coefficient (Wildman–Crippen LogP) is 2.99. The van der Waals surface area contributed by atoms with E-state index in [4.69, 9.17) is 4.74 Å². The number of amides is 1. The van der Waals surface area contributed by atoms with Gasteiger partial charge >= 0.3 is 0 Å². The molecule has 0 aliphatic heterocycles. The highest BCUT2D eigenvalue weighted by molar-refractivity contribution is 5.75. The van der Waals surface area contributed by atoms with Crippen molar-refractivity contribution in [3.05, 3.63) is 29.8 Å². The average Bonchev–Trinajstić information content (AvgIpc) is 2.51. The second kappa shape index (κ2) is 9.40. The molecule has 1 N–H and O–H groups in total. The molecule has 0 bridgehead atoms. The molecule has 0 aromatic heterocycles. The first kappa shape index (κ1) is 17.5. The van der Waals surface area contributed by atoms with Crippen molar-refractivity contribution in [2.24, 2.45) is 0 Å². The summed E-state index contributed by atoms with van der Waals surface area (Å²) in [6.45, 7) is 8.85. The standard InChI is InChI=1S/C17H28N2O2/c1-5-18-17(20)12-9-13-19(6-2)14(3)15-10-7-8-11-16(15)21-4/h7-8,10-11,14H,5-6,9,12-13H2,1-4H3,(H,18,20)/t14-/m0/s1. The van der Waals surface area contributed by atoms with Crippen LogP contribution in [0.5, 0.6) is 5.75 Å². The van der Waals surface area contributed by atoms with Gasteiger partial charge in [-0.15, -0.1) is 0 Å². The molecule has 0 saturated carbocycles. The molecule has 0 unspecified atom stereocenters. The van der Waals surface area contributed by atoms with Crippen LogP contribution < -0.4 is 10.1 Å². The van der Waals surface area contributed by atoms with E-state index in [0.717, 1.165) is 25.3 Å². The molecule has 4 nitrogen and oxygen atoms in total. The summed E-state index contributed by atoms with van der Waals surface area (Å²) in [5.74, 6) is 1.06. The fourth-order valence-electron chi connectivity index (χ4n) is 2.56. The Morgan fingerprint density at radius 1 is 1.33 bits per heavy atom. The zero-order valence-corrected chi connectivity index (χ0v) is 13.7. The van der Waals surface area contributed by atoms with Gasteiger partial charge in [-0.25, -0.2) is 0 Å². The quantitative estimate of drug-likeness (QED) is 0.761. The molecule has 1 aromatic carbocycles. The van der Waals surface area contributed by atoms with Crippen LogP contribution in [0.3, 0.4) is 0 Å². The lowest BCUT2D eigenvalue weighted by atomic mass is 10.1. The summed E-state index contributed by atoms with van der Waals surface area (Å²) < 4.78 is 5.44. The lowest BCUT2D eigenvalue weighted by Crippen LogP contribution is -2.30. The van der Waals surface area contributed by atoms with Crippen LogP contribution in [0.2, 0.25) is 0 Å². The number of rotatable bonds is 9. The summed E-state index contributed by atoms with van der Waals surface area (Å²) in [5.41, 5.74) is 1.19. The van der Waals surface area contributed by atoms with Gasteiger partial charge in [0.2, 0.25) is 5.91 Å². The van der Waals surface area contributed by atoms with Gasteiger partial charge in [0.05, 0.1) is 7.11 Å². The van der Waals surface area contributed by atoms with Crippen molar-refractivity contribution < 1.29 is 9.53 Å². The topological polar surface area (TPSA) is 41.6 Å². The molecule has 1 aromatic rings. The molecule has 0 saturated heterocycles. The van der Waals surface area contributed by atoms with E-state index in [0.29, 0.717) is 13.0 Å². The number of hydrogen-bond donors (Lipinski definition) is 1. The van der Waals surface area contributed by atoms with E-state index in [1.54, 1.807) is 7.11 Å². The van der Waals surface area contributed by atoms with Crippen molar-refractivity contribution in [2.75, 3.05) is 26.7 Å². The van der Waals surface area contributed by atoms with Gasteiger partial charge in [0.1, 0.15) is 5.75 Å². The van der Waals surface area contributed by atoms with Gasteiger partial charge in [0.15, 0.2) is 0 Å². The zero-order valence-electron chi connectivity index (χ0n) is 13.7. The van der Waals surface area contributed by atoms with Crippen LogP contribution in [0.15, 0.2) is 24.3 Å². The molecular weight excluding hydrogens is 264 g/mol. The van der Waals surface area contributed by atoms with Gasteiger partial charge in [-0.2, -0.15) is 0 Å². The average molecular weight is 292 g/mol. The highest BCUT2D eigenvalue weighted by Gasteiger charge is 2.17. The van der Waals surface area contributed by atoms with Crippen LogP contribution in [0, 0.1) is 0 Å².